The summed E-state index contributed by atoms with van der Waals surface area (Å²) in [4.78, 5) is 0. The summed E-state index contributed by atoms with van der Waals surface area (Å²) in [5.74, 6) is 1.21. The van der Waals surface area contributed by atoms with Gasteiger partial charge in [-0.1, -0.05) is 146 Å². The van der Waals surface area contributed by atoms with Crippen molar-refractivity contribution >= 4 is 11.4 Å². The molecule has 0 aliphatic carbocycles. The van der Waals surface area contributed by atoms with Gasteiger partial charge in [0.25, 0.3) is 0 Å². The molecule has 0 heterocycles. The summed E-state index contributed by atoms with van der Waals surface area (Å²) in [6.07, 6.45) is 16.3. The zero-order valence-corrected chi connectivity index (χ0v) is 30.2. The molecule has 0 amide bonds. The first-order chi connectivity index (χ1) is 22.9. The smallest absolute Gasteiger partial charge is 0.0316 e. The minimum atomic E-state index is 0.401. The summed E-state index contributed by atoms with van der Waals surface area (Å²) in [5.41, 5.74) is 25.1. The lowest BCUT2D eigenvalue weighted by molar-refractivity contribution is 0.568. The summed E-state index contributed by atoms with van der Waals surface area (Å²) in [7, 11) is 0. The highest BCUT2D eigenvalue weighted by atomic mass is 14.5. The number of rotatable bonds is 19. The highest BCUT2D eigenvalue weighted by Crippen LogP contribution is 2.38. The highest BCUT2D eigenvalue weighted by Gasteiger charge is 2.21. The molecule has 0 aliphatic heterocycles. The van der Waals surface area contributed by atoms with Crippen LogP contribution in [0.5, 0.6) is 0 Å². The van der Waals surface area contributed by atoms with Gasteiger partial charge in [0.15, 0.2) is 0 Å². The van der Waals surface area contributed by atoms with Crippen LogP contribution in [0.15, 0.2) is 84.9 Å². The average molecular weight is 631 g/mol. The van der Waals surface area contributed by atoms with Crippen LogP contribution in [0.4, 0.5) is 11.4 Å². The fourth-order valence-corrected chi connectivity index (χ4v) is 7.58. The molecule has 2 heteroatoms. The molecule has 0 saturated carbocycles. The van der Waals surface area contributed by atoms with E-state index in [1.807, 2.05) is 0 Å². The molecule has 4 aromatic carbocycles. The molecule has 2 unspecified atom stereocenters. The lowest BCUT2D eigenvalue weighted by Crippen LogP contribution is -2.07. The van der Waals surface area contributed by atoms with Crippen molar-refractivity contribution < 1.29 is 0 Å². The molecular weight excluding hydrogens is 569 g/mol. The number of nitrogens with two attached hydrogens (primary N) is 2. The van der Waals surface area contributed by atoms with Crippen molar-refractivity contribution in [1.29, 1.82) is 0 Å². The van der Waals surface area contributed by atoms with Crippen molar-refractivity contribution in [2.45, 2.75) is 136 Å². The lowest BCUT2D eigenvalue weighted by Gasteiger charge is -2.24. The van der Waals surface area contributed by atoms with Crippen LogP contribution in [0.25, 0.3) is 0 Å². The summed E-state index contributed by atoms with van der Waals surface area (Å²) in [5, 5.41) is 0. The average Bonchev–Trinajstić information content (AvgIpc) is 3.07. The second kappa shape index (κ2) is 18.7. The van der Waals surface area contributed by atoms with Gasteiger partial charge in [0, 0.05) is 29.1 Å². The zero-order valence-electron chi connectivity index (χ0n) is 30.2. The Morgan fingerprint density at radius 2 is 0.745 bits per heavy atom. The van der Waals surface area contributed by atoms with E-state index in [9.17, 15) is 0 Å². The van der Waals surface area contributed by atoms with Crippen molar-refractivity contribution in [3.63, 3.8) is 0 Å². The summed E-state index contributed by atoms with van der Waals surface area (Å²) >= 11 is 0. The van der Waals surface area contributed by atoms with Gasteiger partial charge in [-0.05, 0) is 102 Å². The number of unbranched alkanes of at least 4 members (excludes halogenated alkanes) is 7. The van der Waals surface area contributed by atoms with E-state index < -0.39 is 0 Å². The molecule has 0 bridgehead atoms. The molecule has 2 nitrogen and oxygen atoms in total. The fourth-order valence-electron chi connectivity index (χ4n) is 7.58. The Morgan fingerprint density at radius 3 is 1.13 bits per heavy atom. The summed E-state index contributed by atoms with van der Waals surface area (Å²) in [6, 6.07) is 32.3. The lowest BCUT2D eigenvalue weighted by atomic mass is 9.81. The van der Waals surface area contributed by atoms with Crippen LogP contribution in [0.2, 0.25) is 0 Å². The Kier molecular flexibility index (Phi) is 14.5. The number of anilines is 2. The van der Waals surface area contributed by atoms with Crippen molar-refractivity contribution in [2.75, 3.05) is 11.5 Å². The van der Waals surface area contributed by atoms with E-state index in [4.69, 9.17) is 11.5 Å². The van der Waals surface area contributed by atoms with E-state index >= 15 is 0 Å². The van der Waals surface area contributed by atoms with Crippen molar-refractivity contribution in [3.05, 3.63) is 129 Å². The van der Waals surface area contributed by atoms with Gasteiger partial charge in [0.2, 0.25) is 0 Å². The molecule has 252 valence electrons. The van der Waals surface area contributed by atoms with E-state index in [-0.39, 0.29) is 0 Å². The van der Waals surface area contributed by atoms with Crippen LogP contribution in [-0.2, 0) is 0 Å². The summed E-state index contributed by atoms with van der Waals surface area (Å²) < 4.78 is 0. The molecule has 0 aliphatic rings. The van der Waals surface area contributed by atoms with Gasteiger partial charge in [-0.15, -0.1) is 0 Å². The van der Waals surface area contributed by atoms with Crippen molar-refractivity contribution in [2.24, 2.45) is 0 Å². The normalized spacial score (nSPS) is 13.4. The predicted molar refractivity (Wildman–Crippen MR) is 207 cm³/mol. The van der Waals surface area contributed by atoms with Crippen LogP contribution in [0, 0.1) is 13.8 Å². The van der Waals surface area contributed by atoms with Crippen LogP contribution >= 0.6 is 0 Å². The SMILES string of the molecule is CCCCCCCCC(c1ccc(C(CCCC)c2ccc(N)cc2C)cc1)c1ccc(C(CCCC)c2ccc(N)cc2C)cc1. The third kappa shape index (κ3) is 10.2. The molecule has 4 rings (SSSR count). The van der Waals surface area contributed by atoms with Gasteiger partial charge in [-0.2, -0.15) is 0 Å². The Morgan fingerprint density at radius 1 is 0.404 bits per heavy atom. The van der Waals surface area contributed by atoms with Gasteiger partial charge in [0.05, 0.1) is 0 Å². The standard InChI is InChI=1S/C45H62N2/c1-6-9-12-13-14-15-18-43(35-19-23-37(24-20-35)44(16-10-7-2)41-29-27-39(46)31-33(41)4)36-21-25-38(26-22-36)45(17-11-8-3)42-30-28-40(47)32-34(42)5/h19-32,43-45H,6-18,46-47H2,1-5H3. The molecule has 47 heavy (non-hydrogen) atoms. The first-order valence-corrected chi connectivity index (χ1v) is 18.8. The van der Waals surface area contributed by atoms with Gasteiger partial charge in [-0.25, -0.2) is 0 Å². The van der Waals surface area contributed by atoms with Crippen LogP contribution in [0.3, 0.4) is 0 Å². The minimum Gasteiger partial charge on any atom is -0.399 e. The number of aryl methyl sites for hydroxylation is 2. The zero-order chi connectivity index (χ0) is 33.6. The van der Waals surface area contributed by atoms with Gasteiger partial charge < -0.3 is 11.5 Å². The highest BCUT2D eigenvalue weighted by molar-refractivity contribution is 5.50. The molecule has 0 radical (unpaired) electrons. The van der Waals surface area contributed by atoms with Gasteiger partial charge in [0.1, 0.15) is 0 Å². The molecule has 0 fully saturated rings. The van der Waals surface area contributed by atoms with Crippen LogP contribution < -0.4 is 11.5 Å². The van der Waals surface area contributed by atoms with E-state index in [1.165, 1.54) is 115 Å². The Hall–Kier alpha value is -3.52. The first kappa shape index (κ1) is 36.3. The van der Waals surface area contributed by atoms with E-state index in [1.54, 1.807) is 0 Å². The van der Waals surface area contributed by atoms with Gasteiger partial charge in [-0.3, -0.25) is 0 Å². The van der Waals surface area contributed by atoms with E-state index in [0.717, 1.165) is 24.2 Å². The second-order valence-corrected chi connectivity index (χ2v) is 14.1. The van der Waals surface area contributed by atoms with Crippen molar-refractivity contribution in [1.82, 2.24) is 0 Å². The maximum absolute atomic E-state index is 6.13. The molecule has 4 aromatic rings. The molecule has 0 aromatic heterocycles. The quantitative estimate of drug-likeness (QED) is 0.0800. The van der Waals surface area contributed by atoms with Crippen LogP contribution in [-0.4, -0.2) is 0 Å². The number of benzene rings is 4. The largest absolute Gasteiger partial charge is 0.399 e. The Labute approximate surface area is 287 Å². The number of hydrogen-bond acceptors (Lipinski definition) is 2. The number of nitrogen functional groups attached to an aromatic ring is 2. The van der Waals surface area contributed by atoms with E-state index in [2.05, 4.69) is 120 Å². The number of hydrogen-bond donors (Lipinski definition) is 2. The Balaban J connectivity index is 1.63. The topological polar surface area (TPSA) is 52.0 Å². The predicted octanol–water partition coefficient (Wildman–Crippen LogP) is 13.0. The second-order valence-electron chi connectivity index (χ2n) is 14.1. The molecule has 0 saturated heterocycles. The molecule has 4 N–H and O–H groups in total. The third-order valence-corrected chi connectivity index (χ3v) is 10.4. The minimum absolute atomic E-state index is 0.401. The monoisotopic (exact) mass is 630 g/mol. The molecule has 0 spiro atoms. The molecule has 2 atom stereocenters. The molecular formula is C45H62N2. The van der Waals surface area contributed by atoms with Gasteiger partial charge >= 0.3 is 0 Å². The maximum atomic E-state index is 6.13. The third-order valence-electron chi connectivity index (χ3n) is 10.4. The Bertz CT molecular complexity index is 1380. The van der Waals surface area contributed by atoms with E-state index in [0.29, 0.717) is 17.8 Å². The fraction of sp³-hybridized carbons (Fsp3) is 0.467. The first-order valence-electron chi connectivity index (χ1n) is 18.8. The van der Waals surface area contributed by atoms with Crippen molar-refractivity contribution in [3.8, 4) is 0 Å². The maximum Gasteiger partial charge on any atom is 0.0316 e. The summed E-state index contributed by atoms with van der Waals surface area (Å²) in [6.45, 7) is 11.3. The van der Waals surface area contributed by atoms with Crippen LogP contribution in [0.1, 0.15) is 167 Å².